The highest BCUT2D eigenvalue weighted by Gasteiger charge is 2.24. The quantitative estimate of drug-likeness (QED) is 0.120. The molecule has 0 atom stereocenters. The molecule has 0 amide bonds. The summed E-state index contributed by atoms with van der Waals surface area (Å²) in [5.41, 5.74) is 12.5. The number of methoxy groups -OCH3 is 1. The van der Waals surface area contributed by atoms with E-state index in [-0.39, 0.29) is 0 Å². The molecule has 4 aromatic rings. The number of hydrazine groups is 1. The Kier molecular flexibility index (Phi) is 9.41. The van der Waals surface area contributed by atoms with Crippen molar-refractivity contribution in [2.75, 3.05) is 32.3 Å². The molecule has 4 N–H and O–H groups in total. The van der Waals surface area contributed by atoms with Gasteiger partial charge in [-0.25, -0.2) is 23.6 Å². The lowest BCUT2D eigenvalue weighted by Gasteiger charge is -2.31. The Labute approximate surface area is 248 Å². The molecule has 0 radical (unpaired) electrons. The highest BCUT2D eigenvalue weighted by molar-refractivity contribution is 7.89. The van der Waals surface area contributed by atoms with Crippen LogP contribution in [0.15, 0.2) is 101 Å². The maximum absolute atomic E-state index is 13.0. The van der Waals surface area contributed by atoms with Crippen LogP contribution in [0.25, 0.3) is 10.8 Å². The van der Waals surface area contributed by atoms with E-state index in [1.54, 1.807) is 19.2 Å². The third-order valence-electron chi connectivity index (χ3n) is 8.02. The highest BCUT2D eigenvalue weighted by atomic mass is 32.2. The summed E-state index contributed by atoms with van der Waals surface area (Å²) in [6, 6.07) is 28.5. The van der Waals surface area contributed by atoms with E-state index in [1.165, 1.54) is 0 Å². The van der Waals surface area contributed by atoms with E-state index >= 15 is 0 Å². The van der Waals surface area contributed by atoms with Gasteiger partial charge < -0.3 is 15.5 Å². The van der Waals surface area contributed by atoms with Crippen LogP contribution in [-0.4, -0.2) is 41.5 Å². The zero-order valence-corrected chi connectivity index (χ0v) is 25.0. The Morgan fingerprint density at radius 2 is 1.57 bits per heavy atom. The Hall–Kier alpha value is -3.92. The van der Waals surface area contributed by atoms with Gasteiger partial charge in [0.2, 0.25) is 10.0 Å². The van der Waals surface area contributed by atoms with E-state index in [1.807, 2.05) is 90.9 Å². The molecule has 8 nitrogen and oxygen atoms in total. The molecule has 9 heteroatoms. The Morgan fingerprint density at radius 3 is 2.33 bits per heavy atom. The zero-order valence-electron chi connectivity index (χ0n) is 24.2. The molecule has 1 aliphatic carbocycles. The minimum atomic E-state index is -3.55. The van der Waals surface area contributed by atoms with Crippen molar-refractivity contribution in [3.05, 3.63) is 96.6 Å². The number of fused-ring (bicyclic) bond motifs is 1. The van der Waals surface area contributed by atoms with Gasteiger partial charge in [-0.3, -0.25) is 0 Å². The summed E-state index contributed by atoms with van der Waals surface area (Å²) in [6.07, 6.45) is 4.08. The van der Waals surface area contributed by atoms with Gasteiger partial charge in [-0.1, -0.05) is 48.5 Å². The summed E-state index contributed by atoms with van der Waals surface area (Å²) < 4.78 is 34.1. The van der Waals surface area contributed by atoms with Crippen LogP contribution in [-0.2, 0) is 10.0 Å². The molecular formula is C33H39N5O3S. The van der Waals surface area contributed by atoms with Crippen molar-refractivity contribution >= 4 is 38.0 Å². The summed E-state index contributed by atoms with van der Waals surface area (Å²) >= 11 is 0. The van der Waals surface area contributed by atoms with E-state index in [4.69, 9.17) is 10.5 Å². The van der Waals surface area contributed by atoms with Crippen LogP contribution in [0.3, 0.4) is 0 Å². The van der Waals surface area contributed by atoms with Crippen molar-refractivity contribution in [3.63, 3.8) is 0 Å². The fourth-order valence-corrected chi connectivity index (χ4v) is 6.65. The number of sulfonamides is 1. The van der Waals surface area contributed by atoms with Crippen LogP contribution >= 0.6 is 0 Å². The third kappa shape index (κ3) is 7.28. The number of benzene rings is 4. The lowest BCUT2D eigenvalue weighted by molar-refractivity contribution is 0.268. The smallest absolute Gasteiger partial charge is 0.240 e. The van der Waals surface area contributed by atoms with Crippen molar-refractivity contribution in [3.8, 4) is 5.75 Å². The van der Waals surface area contributed by atoms with Crippen molar-refractivity contribution in [2.24, 2.45) is 22.6 Å². The lowest BCUT2D eigenvalue weighted by atomic mass is 9.82. The minimum Gasteiger partial charge on any atom is -0.497 e. The summed E-state index contributed by atoms with van der Waals surface area (Å²) in [5, 5.41) is 3.96. The molecule has 0 unspecified atom stereocenters. The number of nitrogens with zero attached hydrogens (tertiary/aromatic N) is 2. The average molecular weight is 586 g/mol. The molecule has 220 valence electrons. The number of hydrogen-bond acceptors (Lipinski definition) is 6. The molecule has 4 aromatic carbocycles. The number of nitrogens with one attached hydrogen (secondary N) is 2. The van der Waals surface area contributed by atoms with Crippen molar-refractivity contribution in [1.29, 1.82) is 0 Å². The molecule has 0 bridgehead atoms. The minimum absolute atomic E-state index is 0.316. The number of amidine groups is 1. The van der Waals surface area contributed by atoms with Gasteiger partial charge in [0.1, 0.15) is 11.6 Å². The number of ether oxygens (including phenoxy) is 1. The first-order valence-corrected chi connectivity index (χ1v) is 15.8. The summed E-state index contributed by atoms with van der Waals surface area (Å²) in [4.78, 5) is 4.93. The Bertz CT molecular complexity index is 1650. The largest absolute Gasteiger partial charge is 0.497 e. The van der Waals surface area contributed by atoms with E-state index in [0.29, 0.717) is 29.1 Å². The SMILES string of the molecule is COc1cccc(N=C(N)c2ccccc2N(C)NCC2CCC(CNS(=O)(=O)c3ccc4ccccc4c3)CC2)c1. The Morgan fingerprint density at radius 1 is 0.881 bits per heavy atom. The van der Waals surface area contributed by atoms with Crippen LogP contribution in [0.2, 0.25) is 0 Å². The second-order valence-corrected chi connectivity index (χ2v) is 12.7. The molecule has 0 aliphatic heterocycles. The monoisotopic (exact) mass is 585 g/mol. The van der Waals surface area contributed by atoms with Gasteiger partial charge in [0.05, 0.1) is 23.4 Å². The lowest BCUT2D eigenvalue weighted by Crippen LogP contribution is -2.40. The van der Waals surface area contributed by atoms with Gasteiger partial charge in [0.25, 0.3) is 0 Å². The van der Waals surface area contributed by atoms with E-state index in [2.05, 4.69) is 15.1 Å². The van der Waals surface area contributed by atoms with E-state index < -0.39 is 10.0 Å². The first-order valence-electron chi connectivity index (χ1n) is 14.4. The molecule has 0 spiro atoms. The van der Waals surface area contributed by atoms with Gasteiger partial charge in [-0.2, -0.15) is 0 Å². The van der Waals surface area contributed by atoms with Crippen molar-refractivity contribution < 1.29 is 13.2 Å². The van der Waals surface area contributed by atoms with Crippen LogP contribution in [0.5, 0.6) is 5.75 Å². The molecule has 1 fully saturated rings. The van der Waals surface area contributed by atoms with Gasteiger partial charge in [0, 0.05) is 31.8 Å². The number of hydrogen-bond donors (Lipinski definition) is 3. The van der Waals surface area contributed by atoms with Gasteiger partial charge in [0.15, 0.2) is 0 Å². The highest BCUT2D eigenvalue weighted by Crippen LogP contribution is 2.29. The predicted molar refractivity (Wildman–Crippen MR) is 171 cm³/mol. The predicted octanol–water partition coefficient (Wildman–Crippen LogP) is 5.61. The third-order valence-corrected chi connectivity index (χ3v) is 9.44. The molecular weight excluding hydrogens is 546 g/mol. The second kappa shape index (κ2) is 13.4. The molecule has 0 aromatic heterocycles. The molecule has 42 heavy (non-hydrogen) atoms. The van der Waals surface area contributed by atoms with Gasteiger partial charge in [-0.15, -0.1) is 0 Å². The van der Waals surface area contributed by atoms with Crippen LogP contribution in [0.4, 0.5) is 11.4 Å². The summed E-state index contributed by atoms with van der Waals surface area (Å²) in [6.45, 7) is 1.29. The van der Waals surface area contributed by atoms with Crippen LogP contribution < -0.4 is 25.6 Å². The average Bonchev–Trinajstić information content (AvgIpc) is 3.03. The number of para-hydroxylation sites is 1. The maximum atomic E-state index is 13.0. The van der Waals surface area contributed by atoms with Gasteiger partial charge in [-0.05, 0) is 84.7 Å². The number of aliphatic imine (C=N–C) groups is 1. The normalized spacial score (nSPS) is 17.7. The number of anilines is 1. The van der Waals surface area contributed by atoms with Gasteiger partial charge >= 0.3 is 0 Å². The molecule has 1 aliphatic rings. The summed E-state index contributed by atoms with van der Waals surface area (Å²) in [7, 11) is 0.0725. The molecule has 0 saturated heterocycles. The zero-order chi connectivity index (χ0) is 29.5. The van der Waals surface area contributed by atoms with E-state index in [0.717, 1.165) is 65.7 Å². The topological polar surface area (TPSA) is 109 Å². The summed E-state index contributed by atoms with van der Waals surface area (Å²) in [5.74, 6) is 2.01. The fraction of sp³-hybridized carbons (Fsp3) is 0.303. The first-order chi connectivity index (χ1) is 20.3. The first kappa shape index (κ1) is 29.6. The van der Waals surface area contributed by atoms with Crippen LogP contribution in [0.1, 0.15) is 31.2 Å². The Balaban J connectivity index is 1.12. The van der Waals surface area contributed by atoms with E-state index in [9.17, 15) is 8.42 Å². The fourth-order valence-electron chi connectivity index (χ4n) is 5.50. The molecule has 0 heterocycles. The molecule has 1 saturated carbocycles. The van der Waals surface area contributed by atoms with Crippen molar-refractivity contribution in [2.45, 2.75) is 30.6 Å². The van der Waals surface area contributed by atoms with Crippen molar-refractivity contribution in [1.82, 2.24) is 10.1 Å². The number of rotatable bonds is 11. The maximum Gasteiger partial charge on any atom is 0.240 e. The van der Waals surface area contributed by atoms with Crippen LogP contribution in [0, 0.1) is 11.8 Å². The standard InChI is InChI=1S/C33H39N5O3S/c1-38(32-13-6-5-12-31(32)33(34)37-28-10-7-11-29(21-28)41-2)35-22-24-14-16-25(17-15-24)23-36-42(39,40)30-19-18-26-8-3-4-9-27(26)20-30/h3-13,18-21,24-25,35-36H,14-17,22-23H2,1-2H3,(H2,34,37). The second-order valence-electron chi connectivity index (χ2n) is 10.9. The molecule has 5 rings (SSSR count). The number of nitrogens with two attached hydrogens (primary N) is 1.